The molecule has 1 saturated heterocycles. The molecule has 4 rings (SSSR count). The maximum Gasteiger partial charge on any atom is 0.410 e. The van der Waals surface area contributed by atoms with Gasteiger partial charge < -0.3 is 19.5 Å². The number of nitrogens with zero attached hydrogens (tertiary/aromatic N) is 3. The van der Waals surface area contributed by atoms with Gasteiger partial charge >= 0.3 is 12.1 Å². The van der Waals surface area contributed by atoms with Crippen molar-refractivity contribution in [1.82, 2.24) is 14.3 Å². The van der Waals surface area contributed by atoms with Gasteiger partial charge in [0.2, 0.25) is 0 Å². The van der Waals surface area contributed by atoms with Gasteiger partial charge in [-0.25, -0.2) is 14.6 Å². The van der Waals surface area contributed by atoms with Crippen molar-refractivity contribution >= 4 is 39.4 Å². The largest absolute Gasteiger partial charge is 0.477 e. The standard InChI is InChI=1S/C21H25N3O5S/c1-21(2,3)29-20(27)23(11-14-5-4-8-28-14)10-13-6-7-16-15(9-13)22-19-24(16)12-17(30-19)18(25)26/h6-7,9,12,14H,4-5,8,10-11H2,1-3H3,(H,25,26). The van der Waals surface area contributed by atoms with Crippen molar-refractivity contribution in [2.75, 3.05) is 13.2 Å². The van der Waals surface area contributed by atoms with E-state index in [0.717, 1.165) is 47.4 Å². The van der Waals surface area contributed by atoms with Crippen LogP contribution >= 0.6 is 11.3 Å². The maximum atomic E-state index is 12.8. The summed E-state index contributed by atoms with van der Waals surface area (Å²) in [5.74, 6) is -0.961. The summed E-state index contributed by atoms with van der Waals surface area (Å²) in [5, 5.41) is 9.18. The Bertz CT molecular complexity index is 1090. The first-order chi connectivity index (χ1) is 14.2. The van der Waals surface area contributed by atoms with Crippen LogP contribution in [-0.2, 0) is 16.0 Å². The SMILES string of the molecule is CC(C)(C)OC(=O)N(Cc1ccc2c(c1)nc1sc(C(=O)O)cn12)CC1CCCO1. The van der Waals surface area contributed by atoms with Crippen LogP contribution in [0.3, 0.4) is 0 Å². The lowest BCUT2D eigenvalue weighted by molar-refractivity contribution is 0.00859. The molecule has 1 fully saturated rings. The Labute approximate surface area is 178 Å². The first kappa shape index (κ1) is 20.6. The third-order valence-corrected chi connectivity index (χ3v) is 5.82. The van der Waals surface area contributed by atoms with Gasteiger partial charge in [-0.1, -0.05) is 17.4 Å². The quantitative estimate of drug-likeness (QED) is 0.652. The molecule has 0 radical (unpaired) electrons. The van der Waals surface area contributed by atoms with Gasteiger partial charge in [-0.3, -0.25) is 4.40 Å². The average molecular weight is 432 g/mol. The Morgan fingerprint density at radius 3 is 2.87 bits per heavy atom. The number of imidazole rings is 1. The van der Waals surface area contributed by atoms with E-state index in [9.17, 15) is 14.7 Å². The number of fused-ring (bicyclic) bond motifs is 3. The van der Waals surface area contributed by atoms with Gasteiger partial charge in [-0.05, 0) is 51.3 Å². The number of thiazole rings is 1. The van der Waals surface area contributed by atoms with E-state index in [2.05, 4.69) is 4.98 Å². The molecule has 1 unspecified atom stereocenters. The highest BCUT2D eigenvalue weighted by atomic mass is 32.1. The molecular formula is C21H25N3O5S. The van der Waals surface area contributed by atoms with Crippen LogP contribution in [0, 0.1) is 0 Å². The van der Waals surface area contributed by atoms with E-state index in [-0.39, 0.29) is 17.1 Å². The van der Waals surface area contributed by atoms with Gasteiger partial charge in [0.15, 0.2) is 4.96 Å². The van der Waals surface area contributed by atoms with Crippen LogP contribution in [0.2, 0.25) is 0 Å². The highest BCUT2D eigenvalue weighted by molar-refractivity contribution is 7.18. The van der Waals surface area contributed by atoms with Gasteiger partial charge in [0.25, 0.3) is 0 Å². The summed E-state index contributed by atoms with van der Waals surface area (Å²) < 4.78 is 13.1. The van der Waals surface area contributed by atoms with Crippen molar-refractivity contribution in [3.63, 3.8) is 0 Å². The van der Waals surface area contributed by atoms with Crippen LogP contribution in [-0.4, -0.2) is 56.3 Å². The van der Waals surface area contributed by atoms with Crippen LogP contribution in [0.15, 0.2) is 24.4 Å². The number of carbonyl (C=O) groups excluding carboxylic acids is 1. The molecule has 0 saturated carbocycles. The fourth-order valence-corrected chi connectivity index (χ4v) is 4.38. The third kappa shape index (κ3) is 4.41. The molecule has 9 heteroatoms. The Balaban J connectivity index is 1.59. The molecule has 1 amide bonds. The molecule has 1 aliphatic heterocycles. The Morgan fingerprint density at radius 2 is 2.20 bits per heavy atom. The number of aromatic nitrogens is 2. The topological polar surface area (TPSA) is 93.4 Å². The van der Waals surface area contributed by atoms with Gasteiger partial charge in [0, 0.05) is 19.3 Å². The lowest BCUT2D eigenvalue weighted by Crippen LogP contribution is -2.40. The minimum atomic E-state index is -0.961. The minimum Gasteiger partial charge on any atom is -0.477 e. The van der Waals surface area contributed by atoms with E-state index in [1.807, 2.05) is 39.0 Å². The van der Waals surface area contributed by atoms with E-state index >= 15 is 0 Å². The number of benzene rings is 1. The van der Waals surface area contributed by atoms with Crippen LogP contribution in [0.4, 0.5) is 4.79 Å². The van der Waals surface area contributed by atoms with Crippen LogP contribution < -0.4 is 0 Å². The number of aromatic carboxylic acids is 1. The lowest BCUT2D eigenvalue weighted by Gasteiger charge is -2.29. The van der Waals surface area contributed by atoms with Crippen LogP contribution in [0.1, 0.15) is 48.8 Å². The molecule has 8 nitrogen and oxygen atoms in total. The number of carboxylic acid groups (broad SMARTS) is 1. The number of carboxylic acids is 1. The van der Waals surface area contributed by atoms with Gasteiger partial charge in [0.1, 0.15) is 10.5 Å². The zero-order valence-corrected chi connectivity index (χ0v) is 18.1. The lowest BCUT2D eigenvalue weighted by atomic mass is 10.1. The average Bonchev–Trinajstić information content (AvgIpc) is 3.35. The molecule has 0 spiro atoms. The fraction of sp³-hybridized carbons (Fsp3) is 0.476. The number of hydrogen-bond acceptors (Lipinski definition) is 6. The van der Waals surface area contributed by atoms with Crippen molar-refractivity contribution in [2.24, 2.45) is 0 Å². The molecule has 2 aromatic heterocycles. The summed E-state index contributed by atoms with van der Waals surface area (Å²) in [6.45, 7) is 7.14. The Morgan fingerprint density at radius 1 is 1.40 bits per heavy atom. The van der Waals surface area contributed by atoms with Gasteiger partial charge in [0.05, 0.1) is 23.7 Å². The molecule has 3 aromatic rings. The Hall–Kier alpha value is -2.65. The minimum absolute atomic E-state index is 0.0219. The second kappa shape index (κ2) is 7.88. The predicted molar refractivity (Wildman–Crippen MR) is 113 cm³/mol. The smallest absolute Gasteiger partial charge is 0.410 e. The van der Waals surface area contributed by atoms with Gasteiger partial charge in [-0.2, -0.15) is 0 Å². The molecular weight excluding hydrogens is 406 g/mol. The normalized spacial score (nSPS) is 17.0. The first-order valence-electron chi connectivity index (χ1n) is 9.93. The molecule has 1 aliphatic rings. The molecule has 0 aliphatic carbocycles. The van der Waals surface area contributed by atoms with E-state index < -0.39 is 11.6 Å². The maximum absolute atomic E-state index is 12.8. The zero-order chi connectivity index (χ0) is 21.5. The van der Waals surface area contributed by atoms with Crippen molar-refractivity contribution < 1.29 is 24.2 Å². The molecule has 1 atom stereocenters. The first-order valence-corrected chi connectivity index (χ1v) is 10.7. The van der Waals surface area contributed by atoms with Crippen molar-refractivity contribution in [3.05, 3.63) is 34.8 Å². The number of ether oxygens (including phenoxy) is 2. The Kier molecular flexibility index (Phi) is 5.42. The molecule has 3 heterocycles. The highest BCUT2D eigenvalue weighted by Gasteiger charge is 2.27. The van der Waals surface area contributed by atoms with E-state index in [1.54, 1.807) is 15.5 Å². The second-order valence-electron chi connectivity index (χ2n) is 8.48. The number of hydrogen-bond donors (Lipinski definition) is 1. The summed E-state index contributed by atoms with van der Waals surface area (Å²) in [6, 6.07) is 5.77. The molecule has 160 valence electrons. The number of rotatable bonds is 5. The monoisotopic (exact) mass is 431 g/mol. The molecule has 0 bridgehead atoms. The van der Waals surface area contributed by atoms with E-state index in [1.165, 1.54) is 0 Å². The molecule has 1 aromatic carbocycles. The summed E-state index contributed by atoms with van der Waals surface area (Å²) in [7, 11) is 0. The van der Waals surface area contributed by atoms with Gasteiger partial charge in [-0.15, -0.1) is 0 Å². The zero-order valence-electron chi connectivity index (χ0n) is 17.3. The summed E-state index contributed by atoms with van der Waals surface area (Å²) in [4.78, 5) is 31.1. The summed E-state index contributed by atoms with van der Waals surface area (Å²) in [5.41, 5.74) is 1.94. The molecule has 1 N–H and O–H groups in total. The number of amides is 1. The third-order valence-electron chi connectivity index (χ3n) is 4.85. The van der Waals surface area contributed by atoms with Crippen LogP contribution in [0.25, 0.3) is 16.0 Å². The van der Waals surface area contributed by atoms with Crippen molar-refractivity contribution in [2.45, 2.75) is 51.9 Å². The van der Waals surface area contributed by atoms with E-state index in [4.69, 9.17) is 9.47 Å². The summed E-state index contributed by atoms with van der Waals surface area (Å²) >= 11 is 1.13. The van der Waals surface area contributed by atoms with Crippen LogP contribution in [0.5, 0.6) is 0 Å². The van der Waals surface area contributed by atoms with E-state index in [0.29, 0.717) is 18.1 Å². The fourth-order valence-electron chi connectivity index (χ4n) is 3.54. The van der Waals surface area contributed by atoms with Crippen molar-refractivity contribution in [1.29, 1.82) is 0 Å². The highest BCUT2D eigenvalue weighted by Crippen LogP contribution is 2.25. The number of carbonyl (C=O) groups is 2. The predicted octanol–water partition coefficient (Wildman–Crippen LogP) is 4.16. The molecule has 30 heavy (non-hydrogen) atoms. The second-order valence-corrected chi connectivity index (χ2v) is 9.49. The van der Waals surface area contributed by atoms with Crippen molar-refractivity contribution in [3.8, 4) is 0 Å². The summed E-state index contributed by atoms with van der Waals surface area (Å²) in [6.07, 6.45) is 3.18.